The summed E-state index contributed by atoms with van der Waals surface area (Å²) < 4.78 is 26.8. The van der Waals surface area contributed by atoms with Crippen molar-refractivity contribution in [2.45, 2.75) is 24.0 Å². The van der Waals surface area contributed by atoms with Crippen LogP contribution in [-0.4, -0.2) is 42.7 Å². The van der Waals surface area contributed by atoms with Gasteiger partial charge in [-0.3, -0.25) is 0 Å². The topological polar surface area (TPSA) is 104 Å². The van der Waals surface area contributed by atoms with E-state index in [0.717, 1.165) is 12.1 Å². The predicted octanol–water partition coefficient (Wildman–Crippen LogP) is 1.43. The molecule has 0 aliphatic carbocycles. The van der Waals surface area contributed by atoms with Crippen molar-refractivity contribution in [3.8, 4) is 5.75 Å². The lowest BCUT2D eigenvalue weighted by atomic mass is 10.1. The first kappa shape index (κ1) is 16.8. The molecule has 0 fully saturated rings. The minimum atomic E-state index is -3.81. The monoisotopic (exact) mass is 319 g/mol. The van der Waals surface area contributed by atoms with Gasteiger partial charge in [0.15, 0.2) is 0 Å². The average Bonchev–Trinajstić information content (AvgIpc) is 2.35. The van der Waals surface area contributed by atoms with E-state index in [1.54, 1.807) is 0 Å². The zero-order chi connectivity index (χ0) is 15.5. The van der Waals surface area contributed by atoms with Crippen molar-refractivity contribution in [2.75, 3.05) is 12.8 Å². The Balaban J connectivity index is 3.18. The summed E-state index contributed by atoms with van der Waals surface area (Å²) >= 11 is 1.51. The van der Waals surface area contributed by atoms with E-state index in [2.05, 4.69) is 4.72 Å². The summed E-state index contributed by atoms with van der Waals surface area (Å²) in [6.45, 7) is 3.61. The molecule has 6 nitrogen and oxygen atoms in total. The van der Waals surface area contributed by atoms with Crippen molar-refractivity contribution in [1.29, 1.82) is 0 Å². The highest BCUT2D eigenvalue weighted by atomic mass is 32.2. The Morgan fingerprint density at radius 2 is 2.05 bits per heavy atom. The van der Waals surface area contributed by atoms with Crippen molar-refractivity contribution < 1.29 is 23.4 Å². The van der Waals surface area contributed by atoms with Crippen LogP contribution in [-0.2, 0) is 10.0 Å². The summed E-state index contributed by atoms with van der Waals surface area (Å²) in [5, 5.41) is 18.5. The molecule has 0 saturated heterocycles. The number of sulfonamides is 1. The van der Waals surface area contributed by atoms with Gasteiger partial charge in [-0.25, -0.2) is 17.9 Å². The maximum atomic E-state index is 12.2. The summed E-state index contributed by atoms with van der Waals surface area (Å²) in [7, 11) is -3.81. The third-order valence-electron chi connectivity index (χ3n) is 2.78. The minimum Gasteiger partial charge on any atom is -0.507 e. The number of hydrogen-bond acceptors (Lipinski definition) is 5. The Morgan fingerprint density at radius 3 is 2.55 bits per heavy atom. The molecule has 1 rings (SSSR count). The van der Waals surface area contributed by atoms with Crippen molar-refractivity contribution in [1.82, 2.24) is 4.72 Å². The van der Waals surface area contributed by atoms with Crippen LogP contribution in [0.25, 0.3) is 0 Å². The van der Waals surface area contributed by atoms with E-state index in [1.807, 2.05) is 13.2 Å². The highest BCUT2D eigenvalue weighted by molar-refractivity contribution is 7.99. The first-order valence-corrected chi connectivity index (χ1v) is 8.55. The Labute approximate surface area is 122 Å². The number of aryl methyl sites for hydroxylation is 1. The van der Waals surface area contributed by atoms with Gasteiger partial charge in [0, 0.05) is 11.8 Å². The van der Waals surface area contributed by atoms with Crippen LogP contribution in [0.15, 0.2) is 17.0 Å². The third-order valence-corrected chi connectivity index (χ3v) is 5.31. The SMILES string of the molecule is CSC(C)CNS(=O)(=O)c1cc(C(=O)O)c(O)cc1C. The second kappa shape index (κ2) is 6.47. The quantitative estimate of drug-likeness (QED) is 0.733. The van der Waals surface area contributed by atoms with Crippen molar-refractivity contribution in [2.24, 2.45) is 0 Å². The van der Waals surface area contributed by atoms with Crippen molar-refractivity contribution in [3.63, 3.8) is 0 Å². The van der Waals surface area contributed by atoms with Gasteiger partial charge in [-0.05, 0) is 30.9 Å². The molecule has 0 bridgehead atoms. The van der Waals surface area contributed by atoms with Crippen LogP contribution in [0.2, 0.25) is 0 Å². The predicted molar refractivity (Wildman–Crippen MR) is 78.0 cm³/mol. The first-order valence-electron chi connectivity index (χ1n) is 5.78. The molecule has 1 aromatic carbocycles. The summed E-state index contributed by atoms with van der Waals surface area (Å²) in [6.07, 6.45) is 1.87. The lowest BCUT2D eigenvalue weighted by molar-refractivity contribution is 0.0693. The number of carbonyl (C=O) groups is 1. The van der Waals surface area contributed by atoms with Crippen LogP contribution in [0.1, 0.15) is 22.8 Å². The number of thioether (sulfide) groups is 1. The molecule has 8 heteroatoms. The molecule has 0 radical (unpaired) electrons. The van der Waals surface area contributed by atoms with Crippen LogP contribution >= 0.6 is 11.8 Å². The number of phenols is 1. The fourth-order valence-electron chi connectivity index (χ4n) is 1.52. The zero-order valence-electron chi connectivity index (χ0n) is 11.4. The molecule has 0 amide bonds. The minimum absolute atomic E-state index is 0.0983. The molecular formula is C12H17NO5S2. The van der Waals surface area contributed by atoms with E-state index < -0.39 is 27.3 Å². The number of hydrogen-bond donors (Lipinski definition) is 3. The summed E-state index contributed by atoms with van der Waals surface area (Å²) in [4.78, 5) is 10.8. The molecule has 112 valence electrons. The first-order chi connectivity index (χ1) is 9.19. The Bertz CT molecular complexity index is 613. The molecule has 0 saturated carbocycles. The number of carboxylic acid groups (broad SMARTS) is 1. The number of aromatic hydroxyl groups is 1. The number of carboxylic acids is 1. The molecule has 1 aromatic rings. The van der Waals surface area contributed by atoms with Gasteiger partial charge in [0.2, 0.25) is 10.0 Å². The lowest BCUT2D eigenvalue weighted by Crippen LogP contribution is -2.30. The third kappa shape index (κ3) is 3.87. The fourth-order valence-corrected chi connectivity index (χ4v) is 3.26. The number of benzene rings is 1. The highest BCUT2D eigenvalue weighted by Crippen LogP contribution is 2.25. The fraction of sp³-hybridized carbons (Fsp3) is 0.417. The van der Waals surface area contributed by atoms with Crippen molar-refractivity contribution >= 4 is 27.8 Å². The maximum absolute atomic E-state index is 12.2. The van der Waals surface area contributed by atoms with Gasteiger partial charge in [0.1, 0.15) is 11.3 Å². The summed E-state index contributed by atoms with van der Waals surface area (Å²) in [5.74, 6) is -1.83. The van der Waals surface area contributed by atoms with Gasteiger partial charge < -0.3 is 10.2 Å². The Morgan fingerprint density at radius 1 is 1.45 bits per heavy atom. The average molecular weight is 319 g/mol. The highest BCUT2D eigenvalue weighted by Gasteiger charge is 2.22. The van der Waals surface area contributed by atoms with E-state index in [0.29, 0.717) is 0 Å². The van der Waals surface area contributed by atoms with Gasteiger partial charge in [-0.2, -0.15) is 11.8 Å². The molecule has 0 heterocycles. The van der Waals surface area contributed by atoms with E-state index in [9.17, 15) is 18.3 Å². The second-order valence-electron chi connectivity index (χ2n) is 4.34. The van der Waals surface area contributed by atoms with E-state index >= 15 is 0 Å². The Kier molecular flexibility index (Phi) is 5.43. The standard InChI is InChI=1S/C12H17NO5S2/c1-7-4-10(14)9(12(15)16)5-11(7)20(17,18)13-6-8(2)19-3/h4-5,8,13-14H,6H2,1-3H3,(H,15,16). The van der Waals surface area contributed by atoms with E-state index in [1.165, 1.54) is 18.7 Å². The molecule has 0 aromatic heterocycles. The molecule has 0 aliphatic rings. The summed E-state index contributed by atoms with van der Waals surface area (Å²) in [5.41, 5.74) is -0.148. The number of rotatable bonds is 6. The number of aromatic carboxylic acids is 1. The van der Waals surface area contributed by atoms with Gasteiger partial charge in [0.05, 0.1) is 4.90 Å². The van der Waals surface area contributed by atoms with Gasteiger partial charge in [0.25, 0.3) is 0 Å². The van der Waals surface area contributed by atoms with Crippen LogP contribution in [0, 0.1) is 6.92 Å². The van der Waals surface area contributed by atoms with E-state index in [-0.39, 0.29) is 22.3 Å². The van der Waals surface area contributed by atoms with Gasteiger partial charge >= 0.3 is 5.97 Å². The van der Waals surface area contributed by atoms with Gasteiger partial charge in [-0.15, -0.1) is 0 Å². The maximum Gasteiger partial charge on any atom is 0.339 e. The number of nitrogens with one attached hydrogen (secondary N) is 1. The second-order valence-corrected chi connectivity index (χ2v) is 7.35. The molecular weight excluding hydrogens is 302 g/mol. The zero-order valence-corrected chi connectivity index (χ0v) is 13.0. The van der Waals surface area contributed by atoms with Crippen LogP contribution in [0.4, 0.5) is 0 Å². The van der Waals surface area contributed by atoms with Crippen molar-refractivity contribution in [3.05, 3.63) is 23.3 Å². The normalized spacial score (nSPS) is 13.2. The van der Waals surface area contributed by atoms with Crippen LogP contribution < -0.4 is 4.72 Å². The largest absolute Gasteiger partial charge is 0.507 e. The molecule has 3 N–H and O–H groups in total. The van der Waals surface area contributed by atoms with E-state index in [4.69, 9.17) is 5.11 Å². The van der Waals surface area contributed by atoms with Crippen LogP contribution in [0.3, 0.4) is 0 Å². The molecule has 0 spiro atoms. The van der Waals surface area contributed by atoms with Crippen LogP contribution in [0.5, 0.6) is 5.75 Å². The Hall–Kier alpha value is -1.25. The lowest BCUT2D eigenvalue weighted by Gasteiger charge is -2.13. The molecule has 1 atom stereocenters. The van der Waals surface area contributed by atoms with Gasteiger partial charge in [-0.1, -0.05) is 6.92 Å². The smallest absolute Gasteiger partial charge is 0.339 e. The summed E-state index contributed by atoms with van der Waals surface area (Å²) in [6, 6.07) is 2.11. The molecule has 1 unspecified atom stereocenters. The molecule has 20 heavy (non-hydrogen) atoms. The molecule has 0 aliphatic heterocycles.